The van der Waals surface area contributed by atoms with Gasteiger partial charge in [0.15, 0.2) is 0 Å². The number of carbonyl (C=O) groups is 1. The van der Waals surface area contributed by atoms with Crippen LogP contribution in [0.25, 0.3) is 0 Å². The second-order valence-corrected chi connectivity index (χ2v) is 6.58. The molecule has 2 aliphatic rings. The van der Waals surface area contributed by atoms with E-state index in [0.717, 1.165) is 44.8 Å². The van der Waals surface area contributed by atoms with Gasteiger partial charge in [-0.15, -0.1) is 0 Å². The summed E-state index contributed by atoms with van der Waals surface area (Å²) < 4.78 is 1.87. The molecular formula is C17H23N7O. The Kier molecular flexibility index (Phi) is 4.35. The molecule has 2 saturated heterocycles. The fraction of sp³-hybridized carbons (Fsp3) is 0.529. The lowest BCUT2D eigenvalue weighted by Crippen LogP contribution is -2.59. The number of aromatic nitrogens is 4. The summed E-state index contributed by atoms with van der Waals surface area (Å²) in [5.41, 5.74) is -0.552. The van der Waals surface area contributed by atoms with Crippen LogP contribution in [0.3, 0.4) is 0 Å². The maximum absolute atomic E-state index is 13.4. The lowest BCUT2D eigenvalue weighted by Gasteiger charge is -2.43. The van der Waals surface area contributed by atoms with Crippen LogP contribution in [0.4, 0.5) is 5.82 Å². The Morgan fingerprint density at radius 1 is 1.08 bits per heavy atom. The molecule has 2 aromatic heterocycles. The van der Waals surface area contributed by atoms with E-state index in [1.807, 2.05) is 21.8 Å². The Labute approximate surface area is 146 Å². The van der Waals surface area contributed by atoms with Gasteiger partial charge < -0.3 is 15.1 Å². The molecule has 0 atom stereocenters. The van der Waals surface area contributed by atoms with E-state index in [1.165, 1.54) is 0 Å². The summed E-state index contributed by atoms with van der Waals surface area (Å²) in [6.45, 7) is 4.63. The van der Waals surface area contributed by atoms with Crippen molar-refractivity contribution in [2.75, 3.05) is 44.2 Å². The third-order valence-corrected chi connectivity index (χ3v) is 5.21. The van der Waals surface area contributed by atoms with Crippen LogP contribution in [-0.4, -0.2) is 69.8 Å². The number of hydrogen-bond donors (Lipinski definition) is 1. The van der Waals surface area contributed by atoms with Gasteiger partial charge in [0.25, 0.3) is 5.91 Å². The van der Waals surface area contributed by atoms with E-state index in [9.17, 15) is 4.79 Å². The van der Waals surface area contributed by atoms with E-state index in [2.05, 4.69) is 25.3 Å². The van der Waals surface area contributed by atoms with E-state index in [0.29, 0.717) is 13.1 Å². The Balaban J connectivity index is 1.49. The average molecular weight is 341 g/mol. The Morgan fingerprint density at radius 3 is 2.52 bits per heavy atom. The lowest BCUT2D eigenvalue weighted by molar-refractivity contribution is -0.143. The fourth-order valence-electron chi connectivity index (χ4n) is 3.79. The van der Waals surface area contributed by atoms with Gasteiger partial charge in [-0.3, -0.25) is 14.5 Å². The highest BCUT2D eigenvalue weighted by Crippen LogP contribution is 2.30. The molecule has 0 unspecified atom stereocenters. The monoisotopic (exact) mass is 341 g/mol. The molecular weight excluding hydrogens is 318 g/mol. The van der Waals surface area contributed by atoms with Crippen molar-refractivity contribution in [3.8, 4) is 0 Å². The Hall–Kier alpha value is -2.48. The Morgan fingerprint density at radius 2 is 1.88 bits per heavy atom. The first-order valence-corrected chi connectivity index (χ1v) is 8.81. The van der Waals surface area contributed by atoms with E-state index in [-0.39, 0.29) is 5.91 Å². The quantitative estimate of drug-likeness (QED) is 0.853. The fourth-order valence-corrected chi connectivity index (χ4v) is 3.79. The summed E-state index contributed by atoms with van der Waals surface area (Å²) in [5, 5.41) is 7.76. The minimum atomic E-state index is -0.552. The smallest absolute Gasteiger partial charge is 0.250 e. The number of nitrogens with zero attached hydrogens (tertiary/aromatic N) is 6. The van der Waals surface area contributed by atoms with Crippen LogP contribution in [0.2, 0.25) is 0 Å². The molecule has 0 spiro atoms. The molecule has 0 saturated carbocycles. The average Bonchev–Trinajstić information content (AvgIpc) is 3.24. The van der Waals surface area contributed by atoms with E-state index in [4.69, 9.17) is 0 Å². The number of amides is 1. The molecule has 25 heavy (non-hydrogen) atoms. The van der Waals surface area contributed by atoms with Crippen LogP contribution < -0.4 is 10.2 Å². The number of nitrogens with one attached hydrogen (secondary N) is 1. The summed E-state index contributed by atoms with van der Waals surface area (Å²) >= 11 is 0. The molecule has 1 N–H and O–H groups in total. The van der Waals surface area contributed by atoms with Gasteiger partial charge in [0, 0.05) is 51.0 Å². The first-order chi connectivity index (χ1) is 12.3. The molecule has 0 bridgehead atoms. The van der Waals surface area contributed by atoms with Gasteiger partial charge in [-0.05, 0) is 32.0 Å². The largest absolute Gasteiger partial charge is 0.352 e. The first-order valence-electron chi connectivity index (χ1n) is 8.81. The molecule has 2 aromatic rings. The summed E-state index contributed by atoms with van der Waals surface area (Å²) in [5.74, 6) is 1.06. The molecule has 0 aromatic carbocycles. The molecule has 1 amide bonds. The summed E-state index contributed by atoms with van der Waals surface area (Å²) in [7, 11) is 0. The molecule has 2 fully saturated rings. The second-order valence-electron chi connectivity index (χ2n) is 6.58. The maximum Gasteiger partial charge on any atom is 0.250 e. The number of hydrogen-bond acceptors (Lipinski definition) is 6. The highest BCUT2D eigenvalue weighted by Gasteiger charge is 2.44. The zero-order chi connectivity index (χ0) is 17.1. The minimum absolute atomic E-state index is 0.191. The molecule has 0 aliphatic carbocycles. The van der Waals surface area contributed by atoms with Crippen LogP contribution in [0.15, 0.2) is 37.1 Å². The van der Waals surface area contributed by atoms with Gasteiger partial charge in [0.1, 0.15) is 11.4 Å². The number of rotatable bonds is 3. The molecule has 4 rings (SSSR count). The van der Waals surface area contributed by atoms with Crippen molar-refractivity contribution in [1.82, 2.24) is 30.0 Å². The van der Waals surface area contributed by atoms with Crippen LogP contribution in [0.1, 0.15) is 12.8 Å². The molecule has 132 valence electrons. The lowest BCUT2D eigenvalue weighted by atomic mass is 9.86. The molecule has 4 heterocycles. The van der Waals surface area contributed by atoms with Crippen molar-refractivity contribution in [3.05, 3.63) is 37.1 Å². The van der Waals surface area contributed by atoms with Crippen LogP contribution >= 0.6 is 0 Å². The first kappa shape index (κ1) is 16.0. The van der Waals surface area contributed by atoms with Gasteiger partial charge in [0.2, 0.25) is 0 Å². The number of piperidine rings is 1. The molecule has 8 nitrogen and oxygen atoms in total. The summed E-state index contributed by atoms with van der Waals surface area (Å²) in [6.07, 6.45) is 10.4. The normalized spacial score (nSPS) is 20.5. The zero-order valence-electron chi connectivity index (χ0n) is 14.2. The third-order valence-electron chi connectivity index (χ3n) is 5.21. The topological polar surface area (TPSA) is 79.2 Å². The van der Waals surface area contributed by atoms with Crippen LogP contribution in [0.5, 0.6) is 0 Å². The molecule has 2 aliphatic heterocycles. The predicted octanol–water partition coefficient (Wildman–Crippen LogP) is 0.101. The third kappa shape index (κ3) is 2.97. The SMILES string of the molecule is O=C(N1CCN(c2cnccn2)CC1)C1(n2cccn2)CCNCC1. The standard InChI is InChI=1S/C17H23N7O/c25-16(17(2-5-18-6-3-17)24-9-1-4-21-24)23-12-10-22(11-13-23)15-14-19-7-8-20-15/h1,4,7-9,14,18H,2-3,5-6,10-13H2. The van der Waals surface area contributed by atoms with E-state index >= 15 is 0 Å². The summed E-state index contributed by atoms with van der Waals surface area (Å²) in [6, 6.07) is 1.89. The van der Waals surface area contributed by atoms with Gasteiger partial charge >= 0.3 is 0 Å². The highest BCUT2D eigenvalue weighted by atomic mass is 16.2. The Bertz CT molecular complexity index is 689. The predicted molar refractivity (Wildman–Crippen MR) is 93.1 cm³/mol. The van der Waals surface area contributed by atoms with E-state index in [1.54, 1.807) is 24.8 Å². The maximum atomic E-state index is 13.4. The van der Waals surface area contributed by atoms with Crippen LogP contribution in [-0.2, 0) is 10.3 Å². The van der Waals surface area contributed by atoms with Crippen molar-refractivity contribution in [1.29, 1.82) is 0 Å². The van der Waals surface area contributed by atoms with Crippen molar-refractivity contribution in [2.24, 2.45) is 0 Å². The van der Waals surface area contributed by atoms with Crippen molar-refractivity contribution in [2.45, 2.75) is 18.4 Å². The number of carbonyl (C=O) groups excluding carboxylic acids is 1. The van der Waals surface area contributed by atoms with Crippen molar-refractivity contribution >= 4 is 11.7 Å². The molecule has 8 heteroatoms. The van der Waals surface area contributed by atoms with Crippen molar-refractivity contribution in [3.63, 3.8) is 0 Å². The van der Waals surface area contributed by atoms with Gasteiger partial charge in [-0.25, -0.2) is 4.98 Å². The highest BCUT2D eigenvalue weighted by molar-refractivity contribution is 5.85. The minimum Gasteiger partial charge on any atom is -0.352 e. The van der Waals surface area contributed by atoms with Gasteiger partial charge in [-0.2, -0.15) is 5.10 Å². The van der Waals surface area contributed by atoms with E-state index < -0.39 is 5.54 Å². The van der Waals surface area contributed by atoms with Gasteiger partial charge in [0.05, 0.1) is 6.20 Å². The number of piperazine rings is 1. The second kappa shape index (κ2) is 6.79. The van der Waals surface area contributed by atoms with Gasteiger partial charge in [-0.1, -0.05) is 0 Å². The zero-order valence-corrected chi connectivity index (χ0v) is 14.2. The van der Waals surface area contributed by atoms with Crippen molar-refractivity contribution < 1.29 is 4.79 Å². The molecule has 0 radical (unpaired) electrons. The summed E-state index contributed by atoms with van der Waals surface area (Å²) in [4.78, 5) is 26.1. The number of anilines is 1. The van der Waals surface area contributed by atoms with Crippen LogP contribution in [0, 0.1) is 0 Å².